The van der Waals surface area contributed by atoms with E-state index in [9.17, 15) is 4.79 Å². The minimum absolute atomic E-state index is 0.0944. The average molecular weight is 237 g/mol. The summed E-state index contributed by atoms with van der Waals surface area (Å²) in [5, 5.41) is 3.81. The molecule has 1 amide bonds. The van der Waals surface area contributed by atoms with Gasteiger partial charge in [-0.3, -0.25) is 4.79 Å². The number of carbonyl (C=O) groups excluding carboxylic acids is 1. The van der Waals surface area contributed by atoms with Gasteiger partial charge in [-0.25, -0.2) is 0 Å². The Bertz CT molecular complexity index is 364. The van der Waals surface area contributed by atoms with Crippen molar-refractivity contribution in [2.24, 2.45) is 17.6 Å². The molecule has 1 aliphatic carbocycles. The van der Waals surface area contributed by atoms with Crippen molar-refractivity contribution in [1.82, 2.24) is 10.1 Å². The molecule has 0 bridgehead atoms. The lowest BCUT2D eigenvalue weighted by Crippen LogP contribution is -2.36. The molecule has 2 N–H and O–H groups in total. The Morgan fingerprint density at radius 3 is 3.12 bits per heavy atom. The molecule has 5 nitrogen and oxygen atoms in total. The summed E-state index contributed by atoms with van der Waals surface area (Å²) in [4.78, 5) is 14.0. The van der Waals surface area contributed by atoms with Gasteiger partial charge in [-0.05, 0) is 25.3 Å². The van der Waals surface area contributed by atoms with Crippen LogP contribution in [-0.4, -0.2) is 29.6 Å². The molecular weight excluding hydrogens is 218 g/mol. The van der Waals surface area contributed by atoms with E-state index >= 15 is 0 Å². The van der Waals surface area contributed by atoms with Gasteiger partial charge in [0.2, 0.25) is 5.91 Å². The fourth-order valence-corrected chi connectivity index (χ4v) is 2.57. The third-order valence-corrected chi connectivity index (χ3v) is 3.55. The molecule has 1 aromatic heterocycles. The van der Waals surface area contributed by atoms with E-state index < -0.39 is 0 Å². The molecule has 94 valence electrons. The van der Waals surface area contributed by atoms with Gasteiger partial charge >= 0.3 is 0 Å². The summed E-state index contributed by atoms with van der Waals surface area (Å²) < 4.78 is 4.75. The lowest BCUT2D eigenvalue weighted by Gasteiger charge is -2.23. The molecule has 1 heterocycles. The van der Waals surface area contributed by atoms with Crippen LogP contribution in [0.5, 0.6) is 0 Å². The lowest BCUT2D eigenvalue weighted by atomic mass is 9.95. The van der Waals surface area contributed by atoms with Crippen LogP contribution in [0.4, 0.5) is 0 Å². The summed E-state index contributed by atoms with van der Waals surface area (Å²) in [6.45, 7) is 1.11. The topological polar surface area (TPSA) is 72.4 Å². The van der Waals surface area contributed by atoms with E-state index in [1.807, 2.05) is 7.05 Å². The normalized spacial score (nSPS) is 23.9. The zero-order valence-corrected chi connectivity index (χ0v) is 10.1. The monoisotopic (exact) mass is 237 g/mol. The first-order chi connectivity index (χ1) is 8.22. The van der Waals surface area contributed by atoms with Gasteiger partial charge in [0.1, 0.15) is 12.0 Å². The van der Waals surface area contributed by atoms with Crippen LogP contribution in [0.2, 0.25) is 0 Å². The van der Waals surface area contributed by atoms with E-state index in [-0.39, 0.29) is 11.8 Å². The Hall–Kier alpha value is -1.36. The van der Waals surface area contributed by atoms with Gasteiger partial charge in [-0.2, -0.15) is 0 Å². The highest BCUT2D eigenvalue weighted by atomic mass is 16.5. The fraction of sp³-hybridized carbons (Fsp3) is 0.667. The Morgan fingerprint density at radius 1 is 1.65 bits per heavy atom. The predicted molar refractivity (Wildman–Crippen MR) is 62.9 cm³/mol. The van der Waals surface area contributed by atoms with Crippen LogP contribution in [-0.2, 0) is 11.3 Å². The van der Waals surface area contributed by atoms with Crippen molar-refractivity contribution in [3.63, 3.8) is 0 Å². The van der Waals surface area contributed by atoms with Crippen molar-refractivity contribution in [3.8, 4) is 0 Å². The van der Waals surface area contributed by atoms with Gasteiger partial charge in [0.25, 0.3) is 0 Å². The molecule has 1 aliphatic rings. The summed E-state index contributed by atoms with van der Waals surface area (Å²) in [7, 11) is 1.81. The number of nitrogens with zero attached hydrogens (tertiary/aromatic N) is 2. The molecule has 0 spiro atoms. The van der Waals surface area contributed by atoms with Crippen LogP contribution in [0.25, 0.3) is 0 Å². The minimum atomic E-state index is 0.0944. The largest absolute Gasteiger partial charge is 0.364 e. The number of carbonyl (C=O) groups is 1. The first-order valence-electron chi connectivity index (χ1n) is 6.06. The predicted octanol–water partition coefficient (Wildman–Crippen LogP) is 1.01. The van der Waals surface area contributed by atoms with Crippen LogP contribution in [0.15, 0.2) is 16.9 Å². The number of rotatable bonds is 4. The van der Waals surface area contributed by atoms with E-state index in [2.05, 4.69) is 5.16 Å². The summed E-state index contributed by atoms with van der Waals surface area (Å²) in [5.74, 6) is 0.625. The van der Waals surface area contributed by atoms with E-state index in [0.717, 1.165) is 25.0 Å². The maximum absolute atomic E-state index is 12.3. The zero-order chi connectivity index (χ0) is 12.3. The molecule has 17 heavy (non-hydrogen) atoms. The zero-order valence-electron chi connectivity index (χ0n) is 10.1. The molecule has 5 heteroatoms. The number of hydrogen-bond donors (Lipinski definition) is 1. The summed E-state index contributed by atoms with van der Waals surface area (Å²) in [6, 6.07) is 1.78. The van der Waals surface area contributed by atoms with Gasteiger partial charge in [0, 0.05) is 19.0 Å². The van der Waals surface area contributed by atoms with Crippen LogP contribution in [0.1, 0.15) is 25.0 Å². The van der Waals surface area contributed by atoms with Gasteiger partial charge in [-0.1, -0.05) is 11.6 Å². The molecule has 0 radical (unpaired) electrons. The maximum Gasteiger partial charge on any atom is 0.226 e. The quantitative estimate of drug-likeness (QED) is 0.848. The molecule has 2 atom stereocenters. The van der Waals surface area contributed by atoms with Crippen molar-refractivity contribution in [3.05, 3.63) is 18.0 Å². The molecule has 0 unspecified atom stereocenters. The van der Waals surface area contributed by atoms with E-state index in [1.54, 1.807) is 11.0 Å². The second kappa shape index (κ2) is 5.31. The van der Waals surface area contributed by atoms with Gasteiger partial charge in [0.15, 0.2) is 0 Å². The minimum Gasteiger partial charge on any atom is -0.364 e. The molecule has 0 saturated heterocycles. The third kappa shape index (κ3) is 2.66. The van der Waals surface area contributed by atoms with Crippen LogP contribution in [0, 0.1) is 11.8 Å². The Kier molecular flexibility index (Phi) is 3.78. The highest BCUT2D eigenvalue weighted by Gasteiger charge is 2.33. The second-order valence-electron chi connectivity index (χ2n) is 4.72. The Labute approximate surface area is 101 Å². The first-order valence-corrected chi connectivity index (χ1v) is 6.06. The third-order valence-electron chi connectivity index (χ3n) is 3.55. The Morgan fingerprint density at radius 2 is 2.47 bits per heavy atom. The van der Waals surface area contributed by atoms with Gasteiger partial charge in [-0.15, -0.1) is 0 Å². The van der Waals surface area contributed by atoms with Crippen LogP contribution in [0.3, 0.4) is 0 Å². The maximum atomic E-state index is 12.3. The van der Waals surface area contributed by atoms with Crippen LogP contribution >= 0.6 is 0 Å². The molecule has 1 fully saturated rings. The average Bonchev–Trinajstić information content (AvgIpc) is 2.97. The number of nitrogens with two attached hydrogens (primary N) is 1. The molecule has 2 rings (SSSR count). The summed E-state index contributed by atoms with van der Waals surface area (Å²) >= 11 is 0. The van der Waals surface area contributed by atoms with E-state index in [4.69, 9.17) is 10.3 Å². The molecule has 1 saturated carbocycles. The summed E-state index contributed by atoms with van der Waals surface area (Å²) in [5.41, 5.74) is 6.48. The SMILES string of the molecule is CN(Cc1ccon1)C(=O)[C@@H]1CCC[C@@H]1CN. The second-order valence-corrected chi connectivity index (χ2v) is 4.72. The van der Waals surface area contributed by atoms with Crippen molar-refractivity contribution in [1.29, 1.82) is 0 Å². The number of aromatic nitrogens is 1. The standard InChI is InChI=1S/C12H19N3O2/c1-15(8-10-5-6-17-14-10)12(16)11-4-2-3-9(11)7-13/h5-6,9,11H,2-4,7-8,13H2,1H3/t9-,11-/m1/s1. The van der Waals surface area contributed by atoms with Crippen molar-refractivity contribution < 1.29 is 9.32 Å². The molecular formula is C12H19N3O2. The van der Waals surface area contributed by atoms with E-state index in [1.165, 1.54) is 6.26 Å². The van der Waals surface area contributed by atoms with E-state index in [0.29, 0.717) is 19.0 Å². The van der Waals surface area contributed by atoms with Crippen molar-refractivity contribution in [2.75, 3.05) is 13.6 Å². The highest BCUT2D eigenvalue weighted by molar-refractivity contribution is 5.79. The highest BCUT2D eigenvalue weighted by Crippen LogP contribution is 2.32. The summed E-state index contributed by atoms with van der Waals surface area (Å²) in [6.07, 6.45) is 4.66. The Balaban J connectivity index is 1.94. The number of amides is 1. The molecule has 1 aromatic rings. The van der Waals surface area contributed by atoms with Crippen molar-refractivity contribution in [2.45, 2.75) is 25.8 Å². The van der Waals surface area contributed by atoms with Gasteiger partial charge < -0.3 is 15.2 Å². The fourth-order valence-electron chi connectivity index (χ4n) is 2.57. The first kappa shape index (κ1) is 12.1. The lowest BCUT2D eigenvalue weighted by molar-refractivity contribution is -0.135. The van der Waals surface area contributed by atoms with Gasteiger partial charge in [0.05, 0.1) is 6.54 Å². The number of hydrogen-bond acceptors (Lipinski definition) is 4. The van der Waals surface area contributed by atoms with Crippen molar-refractivity contribution >= 4 is 5.91 Å². The molecule has 0 aliphatic heterocycles. The molecule has 0 aromatic carbocycles. The smallest absolute Gasteiger partial charge is 0.226 e. The van der Waals surface area contributed by atoms with Crippen LogP contribution < -0.4 is 5.73 Å².